The first-order chi connectivity index (χ1) is 13.0. The number of thioether (sulfide) groups is 1. The van der Waals surface area contributed by atoms with E-state index in [-0.39, 0.29) is 11.4 Å². The second kappa shape index (κ2) is 8.41. The molecule has 1 aromatic carbocycles. The quantitative estimate of drug-likeness (QED) is 0.653. The summed E-state index contributed by atoms with van der Waals surface area (Å²) in [6.45, 7) is 0. The Labute approximate surface area is 158 Å². The fourth-order valence-corrected chi connectivity index (χ4v) is 2.91. The zero-order chi connectivity index (χ0) is 19.2. The third-order valence-corrected chi connectivity index (χ3v) is 4.48. The maximum atomic E-state index is 13.5. The molecule has 138 valence electrons. The topological polar surface area (TPSA) is 102 Å². The van der Waals surface area contributed by atoms with Crippen LogP contribution in [0.4, 0.5) is 14.9 Å². The van der Waals surface area contributed by atoms with Crippen molar-refractivity contribution in [1.29, 1.82) is 0 Å². The molecule has 3 rings (SSSR count). The first-order valence-corrected chi connectivity index (χ1v) is 8.81. The standard InChI is InChI=1S/C17H15FN6O2S/c1-24-15(11-5-4-8-19-9-11)22-23-17(24)27-10-14(25)21-16(26)20-13-7-3-2-6-12(13)18/h2-9H,10H2,1H3,(H2,20,21,25,26). The van der Waals surface area contributed by atoms with Gasteiger partial charge in [0.15, 0.2) is 11.0 Å². The molecular weight excluding hydrogens is 371 g/mol. The Kier molecular flexibility index (Phi) is 5.77. The molecule has 0 bridgehead atoms. The van der Waals surface area contributed by atoms with Gasteiger partial charge in [0.25, 0.3) is 0 Å². The highest BCUT2D eigenvalue weighted by molar-refractivity contribution is 7.99. The molecule has 0 radical (unpaired) electrons. The Morgan fingerprint density at radius 1 is 1.19 bits per heavy atom. The van der Waals surface area contributed by atoms with E-state index in [4.69, 9.17) is 0 Å². The van der Waals surface area contributed by atoms with Gasteiger partial charge in [-0.2, -0.15) is 0 Å². The Hall–Kier alpha value is -3.27. The van der Waals surface area contributed by atoms with Crippen molar-refractivity contribution < 1.29 is 14.0 Å². The molecule has 3 aromatic rings. The Balaban J connectivity index is 1.54. The van der Waals surface area contributed by atoms with Crippen molar-refractivity contribution in [1.82, 2.24) is 25.1 Å². The van der Waals surface area contributed by atoms with Gasteiger partial charge in [0.05, 0.1) is 11.4 Å². The number of aromatic nitrogens is 4. The minimum Gasteiger partial charge on any atom is -0.305 e. The van der Waals surface area contributed by atoms with Gasteiger partial charge in [0.1, 0.15) is 5.82 Å². The fourth-order valence-electron chi connectivity index (χ4n) is 2.20. The van der Waals surface area contributed by atoms with Crippen LogP contribution in [-0.2, 0) is 11.8 Å². The number of imide groups is 1. The summed E-state index contributed by atoms with van der Waals surface area (Å²) in [6, 6.07) is 8.52. The number of para-hydroxylation sites is 1. The van der Waals surface area contributed by atoms with Crippen molar-refractivity contribution in [3.63, 3.8) is 0 Å². The molecule has 2 N–H and O–H groups in total. The van der Waals surface area contributed by atoms with Crippen LogP contribution in [0.25, 0.3) is 11.4 Å². The van der Waals surface area contributed by atoms with Crippen LogP contribution in [0.2, 0.25) is 0 Å². The van der Waals surface area contributed by atoms with E-state index in [9.17, 15) is 14.0 Å². The summed E-state index contributed by atoms with van der Waals surface area (Å²) in [5, 5.41) is 13.1. The number of nitrogens with one attached hydrogen (secondary N) is 2. The molecule has 2 aromatic heterocycles. The van der Waals surface area contributed by atoms with E-state index in [1.807, 2.05) is 6.07 Å². The van der Waals surface area contributed by atoms with Crippen LogP contribution >= 0.6 is 11.8 Å². The van der Waals surface area contributed by atoms with Crippen molar-refractivity contribution in [3.05, 3.63) is 54.6 Å². The van der Waals surface area contributed by atoms with E-state index in [0.29, 0.717) is 11.0 Å². The van der Waals surface area contributed by atoms with Crippen LogP contribution in [0.3, 0.4) is 0 Å². The zero-order valence-corrected chi connectivity index (χ0v) is 15.0. The van der Waals surface area contributed by atoms with Crippen molar-refractivity contribution in [3.8, 4) is 11.4 Å². The van der Waals surface area contributed by atoms with E-state index in [0.717, 1.165) is 17.3 Å². The largest absolute Gasteiger partial charge is 0.325 e. The summed E-state index contributed by atoms with van der Waals surface area (Å²) in [4.78, 5) is 27.8. The van der Waals surface area contributed by atoms with Crippen molar-refractivity contribution in [2.45, 2.75) is 5.16 Å². The second-order valence-corrected chi connectivity index (χ2v) is 6.32. The first kappa shape index (κ1) is 18.5. The molecule has 8 nitrogen and oxygen atoms in total. The van der Waals surface area contributed by atoms with Crippen molar-refractivity contribution in [2.75, 3.05) is 11.1 Å². The average Bonchev–Trinajstić information content (AvgIpc) is 3.03. The number of benzene rings is 1. The smallest absolute Gasteiger partial charge is 0.305 e. The molecule has 10 heteroatoms. The van der Waals surface area contributed by atoms with Gasteiger partial charge in [-0.05, 0) is 24.3 Å². The normalized spacial score (nSPS) is 10.4. The third kappa shape index (κ3) is 4.67. The molecule has 2 heterocycles. The number of nitrogens with zero attached hydrogens (tertiary/aromatic N) is 4. The van der Waals surface area contributed by atoms with Crippen LogP contribution < -0.4 is 10.6 Å². The predicted octanol–water partition coefficient (Wildman–Crippen LogP) is 2.46. The van der Waals surface area contributed by atoms with Crippen LogP contribution in [-0.4, -0.2) is 37.4 Å². The van der Waals surface area contributed by atoms with Gasteiger partial charge in [-0.15, -0.1) is 10.2 Å². The lowest BCUT2D eigenvalue weighted by atomic mass is 10.3. The number of hydrogen-bond donors (Lipinski definition) is 2. The SMILES string of the molecule is Cn1c(SCC(=O)NC(=O)Nc2ccccc2F)nnc1-c1cccnc1. The Morgan fingerprint density at radius 2 is 2.00 bits per heavy atom. The summed E-state index contributed by atoms with van der Waals surface area (Å²) < 4.78 is 15.2. The summed E-state index contributed by atoms with van der Waals surface area (Å²) in [7, 11) is 1.77. The highest BCUT2D eigenvalue weighted by atomic mass is 32.2. The van der Waals surface area contributed by atoms with Crippen LogP contribution in [0.1, 0.15) is 0 Å². The van der Waals surface area contributed by atoms with Gasteiger partial charge in [-0.1, -0.05) is 23.9 Å². The summed E-state index contributed by atoms with van der Waals surface area (Å²) in [5.41, 5.74) is 0.790. The number of carbonyl (C=O) groups excluding carboxylic acids is 2. The molecule has 0 spiro atoms. The lowest BCUT2D eigenvalue weighted by Gasteiger charge is -2.07. The number of urea groups is 1. The molecule has 3 amide bonds. The molecule has 0 saturated heterocycles. The highest BCUT2D eigenvalue weighted by Gasteiger charge is 2.15. The van der Waals surface area contributed by atoms with E-state index < -0.39 is 17.8 Å². The lowest BCUT2D eigenvalue weighted by Crippen LogP contribution is -2.35. The number of anilines is 1. The molecule has 0 fully saturated rings. The summed E-state index contributed by atoms with van der Waals surface area (Å²) in [5.74, 6) is -0.566. The third-order valence-electron chi connectivity index (χ3n) is 3.46. The van der Waals surface area contributed by atoms with Gasteiger partial charge >= 0.3 is 6.03 Å². The van der Waals surface area contributed by atoms with Crippen molar-refractivity contribution >= 4 is 29.4 Å². The maximum Gasteiger partial charge on any atom is 0.325 e. The summed E-state index contributed by atoms with van der Waals surface area (Å²) >= 11 is 1.12. The Bertz CT molecular complexity index is 963. The fraction of sp³-hybridized carbons (Fsp3) is 0.118. The molecule has 0 aliphatic rings. The van der Waals surface area contributed by atoms with Crippen LogP contribution in [0.5, 0.6) is 0 Å². The molecule has 0 aliphatic heterocycles. The van der Waals surface area contributed by atoms with Gasteiger partial charge < -0.3 is 9.88 Å². The first-order valence-electron chi connectivity index (χ1n) is 7.82. The van der Waals surface area contributed by atoms with Gasteiger partial charge in [-0.3, -0.25) is 15.1 Å². The minimum absolute atomic E-state index is 0.00938. The number of amides is 3. The molecule has 0 aliphatic carbocycles. The van der Waals surface area contributed by atoms with E-state index in [1.165, 1.54) is 18.2 Å². The van der Waals surface area contributed by atoms with Gasteiger partial charge in [0.2, 0.25) is 5.91 Å². The number of pyridine rings is 1. The minimum atomic E-state index is -0.806. The molecular formula is C17H15FN6O2S. The molecule has 0 saturated carbocycles. The number of carbonyl (C=O) groups is 2. The summed E-state index contributed by atoms with van der Waals surface area (Å²) in [6.07, 6.45) is 3.32. The molecule has 0 unspecified atom stereocenters. The van der Waals surface area contributed by atoms with Crippen LogP contribution in [0, 0.1) is 5.82 Å². The maximum absolute atomic E-state index is 13.5. The number of halogens is 1. The monoisotopic (exact) mass is 386 g/mol. The predicted molar refractivity (Wildman–Crippen MR) is 98.5 cm³/mol. The molecule has 27 heavy (non-hydrogen) atoms. The Morgan fingerprint density at radius 3 is 2.74 bits per heavy atom. The van der Waals surface area contributed by atoms with E-state index >= 15 is 0 Å². The second-order valence-electron chi connectivity index (χ2n) is 5.38. The molecule has 0 atom stereocenters. The number of rotatable bonds is 5. The van der Waals surface area contributed by atoms with E-state index in [1.54, 1.807) is 36.1 Å². The number of hydrogen-bond acceptors (Lipinski definition) is 6. The van der Waals surface area contributed by atoms with Gasteiger partial charge in [-0.25, -0.2) is 9.18 Å². The highest BCUT2D eigenvalue weighted by Crippen LogP contribution is 2.21. The van der Waals surface area contributed by atoms with Gasteiger partial charge in [0, 0.05) is 25.0 Å². The van der Waals surface area contributed by atoms with Crippen LogP contribution in [0.15, 0.2) is 53.9 Å². The zero-order valence-electron chi connectivity index (χ0n) is 14.2. The van der Waals surface area contributed by atoms with E-state index in [2.05, 4.69) is 25.8 Å². The lowest BCUT2D eigenvalue weighted by molar-refractivity contribution is -0.117. The van der Waals surface area contributed by atoms with Crippen molar-refractivity contribution in [2.24, 2.45) is 7.05 Å². The average molecular weight is 386 g/mol.